The molecule has 7 heteroatoms. The summed E-state index contributed by atoms with van der Waals surface area (Å²) in [6, 6.07) is 3.62. The van der Waals surface area contributed by atoms with Gasteiger partial charge in [0, 0.05) is 16.5 Å². The van der Waals surface area contributed by atoms with Crippen LogP contribution in [0.3, 0.4) is 0 Å². The maximum absolute atomic E-state index is 12.8. The van der Waals surface area contributed by atoms with Crippen LogP contribution in [0.2, 0.25) is 0 Å². The monoisotopic (exact) mass is 375 g/mol. The topological polar surface area (TPSA) is 29.1 Å². The molecule has 0 radical (unpaired) electrons. The molecule has 0 aliphatic heterocycles. The number of carbonyl (C=O) groups excluding carboxylic acids is 1. The van der Waals surface area contributed by atoms with Crippen LogP contribution in [-0.4, -0.2) is 18.6 Å². The summed E-state index contributed by atoms with van der Waals surface area (Å²) in [6.45, 7) is -0.0637. The number of carbonyl (C=O) groups is 1. The molecule has 0 bridgehead atoms. The number of amides is 1. The molecule has 0 aromatic heterocycles. The minimum atomic E-state index is -4.21. The average Bonchev–Trinajstić information content (AvgIpc) is 2.22. The van der Waals surface area contributed by atoms with Crippen molar-refractivity contribution in [2.24, 2.45) is 0 Å². The van der Waals surface area contributed by atoms with E-state index in [1.165, 1.54) is 12.1 Å². The summed E-state index contributed by atoms with van der Waals surface area (Å²) in [6.07, 6.45) is -5.32. The van der Waals surface area contributed by atoms with Gasteiger partial charge >= 0.3 is 6.18 Å². The molecule has 100 valence electrons. The lowest BCUT2D eigenvalue weighted by Crippen LogP contribution is -2.26. The second-order valence-corrected chi connectivity index (χ2v) is 4.76. The number of halogens is 5. The summed E-state index contributed by atoms with van der Waals surface area (Å²) in [7, 11) is 0. The van der Waals surface area contributed by atoms with Gasteiger partial charge in [-0.1, -0.05) is 0 Å². The summed E-state index contributed by atoms with van der Waals surface area (Å²) in [5.74, 6) is -0.963. The Morgan fingerprint density at radius 2 is 2.00 bits per heavy atom. The number of hydrogen-bond acceptors (Lipinski definition) is 1. The molecule has 0 atom stereocenters. The van der Waals surface area contributed by atoms with Gasteiger partial charge in [-0.2, -0.15) is 13.2 Å². The van der Waals surface area contributed by atoms with E-state index in [1.54, 1.807) is 22.6 Å². The van der Waals surface area contributed by atoms with Crippen LogP contribution in [0.1, 0.15) is 23.2 Å². The number of hydrogen-bond donors (Lipinski definition) is 1. The number of nitrogens with one attached hydrogen (secondary N) is 1. The third-order valence-corrected chi connectivity index (χ3v) is 2.99. The van der Waals surface area contributed by atoms with Gasteiger partial charge in [0.15, 0.2) is 0 Å². The van der Waals surface area contributed by atoms with E-state index in [-0.39, 0.29) is 18.5 Å². The maximum atomic E-state index is 12.8. The third kappa shape index (κ3) is 5.19. The van der Waals surface area contributed by atoms with E-state index in [0.29, 0.717) is 3.57 Å². The quantitative estimate of drug-likeness (QED) is 0.487. The van der Waals surface area contributed by atoms with Crippen LogP contribution in [0.5, 0.6) is 0 Å². The van der Waals surface area contributed by atoms with Crippen molar-refractivity contribution < 1.29 is 22.4 Å². The minimum Gasteiger partial charge on any atom is -0.352 e. The second-order valence-electron chi connectivity index (χ2n) is 3.60. The van der Waals surface area contributed by atoms with Crippen LogP contribution in [0.4, 0.5) is 17.6 Å². The van der Waals surface area contributed by atoms with Crippen LogP contribution < -0.4 is 5.32 Å². The van der Waals surface area contributed by atoms with Crippen molar-refractivity contribution >= 4 is 28.5 Å². The van der Waals surface area contributed by atoms with Crippen molar-refractivity contribution in [3.05, 3.63) is 33.1 Å². The first kappa shape index (κ1) is 15.2. The molecule has 0 unspecified atom stereocenters. The first-order valence-corrected chi connectivity index (χ1v) is 6.17. The van der Waals surface area contributed by atoms with Crippen LogP contribution in [0, 0.1) is 9.39 Å². The standard InChI is InChI=1S/C11H10F4INO/c12-7-2-3-8(9(16)6-7)10(18)17-5-1-4-11(13,14)15/h2-3,6H,1,4-5H2,(H,17,18). The normalized spacial score (nSPS) is 11.4. The molecule has 0 heterocycles. The molecule has 0 saturated carbocycles. The van der Waals surface area contributed by atoms with Crippen molar-refractivity contribution in [2.45, 2.75) is 19.0 Å². The lowest BCUT2D eigenvalue weighted by Gasteiger charge is -2.08. The van der Waals surface area contributed by atoms with Crippen molar-refractivity contribution in [1.82, 2.24) is 5.32 Å². The molecule has 1 aromatic rings. The number of rotatable bonds is 4. The fourth-order valence-corrected chi connectivity index (χ4v) is 1.98. The molecule has 2 nitrogen and oxygen atoms in total. The minimum absolute atomic E-state index is 0.0637. The Hall–Kier alpha value is -0.860. The van der Waals surface area contributed by atoms with Gasteiger partial charge in [-0.15, -0.1) is 0 Å². The molecule has 1 aromatic carbocycles. The van der Waals surface area contributed by atoms with Gasteiger partial charge in [-0.25, -0.2) is 4.39 Å². The molecule has 0 aliphatic rings. The van der Waals surface area contributed by atoms with Gasteiger partial charge in [0.2, 0.25) is 0 Å². The van der Waals surface area contributed by atoms with Gasteiger partial charge in [-0.3, -0.25) is 4.79 Å². The number of alkyl halides is 3. The van der Waals surface area contributed by atoms with E-state index < -0.39 is 24.3 Å². The molecular weight excluding hydrogens is 365 g/mol. The summed E-state index contributed by atoms with van der Waals surface area (Å²) >= 11 is 1.79. The zero-order valence-corrected chi connectivity index (χ0v) is 11.3. The largest absolute Gasteiger partial charge is 0.389 e. The average molecular weight is 375 g/mol. The molecule has 1 amide bonds. The van der Waals surface area contributed by atoms with E-state index in [2.05, 4.69) is 5.32 Å². The number of benzene rings is 1. The van der Waals surface area contributed by atoms with E-state index in [4.69, 9.17) is 0 Å². The first-order valence-electron chi connectivity index (χ1n) is 5.09. The molecular formula is C11H10F4INO. The Labute approximate surface area is 115 Å². The van der Waals surface area contributed by atoms with Gasteiger partial charge in [0.1, 0.15) is 5.82 Å². The SMILES string of the molecule is O=C(NCCCC(F)(F)F)c1ccc(F)cc1I. The first-order chi connectivity index (χ1) is 8.29. The molecule has 0 spiro atoms. The molecule has 0 fully saturated rings. The fraction of sp³-hybridized carbons (Fsp3) is 0.364. The van der Waals surface area contributed by atoms with Gasteiger partial charge < -0.3 is 5.32 Å². The summed E-state index contributed by atoms with van der Waals surface area (Å²) < 4.78 is 48.8. The van der Waals surface area contributed by atoms with Crippen molar-refractivity contribution in [1.29, 1.82) is 0 Å². The van der Waals surface area contributed by atoms with E-state index in [9.17, 15) is 22.4 Å². The van der Waals surface area contributed by atoms with Crippen LogP contribution in [-0.2, 0) is 0 Å². The highest BCUT2D eigenvalue weighted by molar-refractivity contribution is 14.1. The highest BCUT2D eigenvalue weighted by Crippen LogP contribution is 2.20. The van der Waals surface area contributed by atoms with E-state index in [0.717, 1.165) is 6.07 Å². The van der Waals surface area contributed by atoms with Crippen molar-refractivity contribution in [3.8, 4) is 0 Å². The Balaban J connectivity index is 2.46. The van der Waals surface area contributed by atoms with Gasteiger partial charge in [-0.05, 0) is 47.2 Å². The van der Waals surface area contributed by atoms with Crippen molar-refractivity contribution in [3.63, 3.8) is 0 Å². The Morgan fingerprint density at radius 1 is 1.33 bits per heavy atom. The zero-order chi connectivity index (χ0) is 13.8. The van der Waals surface area contributed by atoms with Gasteiger partial charge in [0.05, 0.1) is 5.56 Å². The third-order valence-electron chi connectivity index (χ3n) is 2.10. The zero-order valence-electron chi connectivity index (χ0n) is 9.15. The molecule has 1 rings (SSSR count). The van der Waals surface area contributed by atoms with Crippen molar-refractivity contribution in [2.75, 3.05) is 6.54 Å². The molecule has 0 aliphatic carbocycles. The highest BCUT2D eigenvalue weighted by Gasteiger charge is 2.26. The van der Waals surface area contributed by atoms with Gasteiger partial charge in [0.25, 0.3) is 5.91 Å². The summed E-state index contributed by atoms with van der Waals surface area (Å²) in [5.41, 5.74) is 0.254. The van der Waals surface area contributed by atoms with Crippen LogP contribution in [0.25, 0.3) is 0 Å². The predicted molar refractivity (Wildman–Crippen MR) is 66.7 cm³/mol. The lowest BCUT2D eigenvalue weighted by atomic mass is 10.2. The summed E-state index contributed by atoms with van der Waals surface area (Å²) in [4.78, 5) is 11.6. The molecule has 18 heavy (non-hydrogen) atoms. The van der Waals surface area contributed by atoms with Crippen LogP contribution >= 0.6 is 22.6 Å². The Morgan fingerprint density at radius 3 is 2.56 bits per heavy atom. The van der Waals surface area contributed by atoms with E-state index in [1.807, 2.05) is 0 Å². The Bertz CT molecular complexity index is 434. The lowest BCUT2D eigenvalue weighted by molar-refractivity contribution is -0.135. The maximum Gasteiger partial charge on any atom is 0.389 e. The fourth-order valence-electron chi connectivity index (χ4n) is 1.26. The smallest absolute Gasteiger partial charge is 0.352 e. The summed E-state index contributed by atoms with van der Waals surface area (Å²) in [5, 5.41) is 2.37. The van der Waals surface area contributed by atoms with Crippen LogP contribution in [0.15, 0.2) is 18.2 Å². The predicted octanol–water partition coefficient (Wildman–Crippen LogP) is 3.50. The second kappa shape index (κ2) is 6.35. The molecule has 1 N–H and O–H groups in total. The molecule has 0 saturated heterocycles. The highest BCUT2D eigenvalue weighted by atomic mass is 127. The van der Waals surface area contributed by atoms with E-state index >= 15 is 0 Å². The Kier molecular flexibility index (Phi) is 5.36.